The van der Waals surface area contributed by atoms with Crippen LogP contribution in [0.5, 0.6) is 0 Å². The molecule has 1 unspecified atom stereocenters. The molecule has 3 aromatic rings. The van der Waals surface area contributed by atoms with E-state index >= 15 is 0 Å². The van der Waals surface area contributed by atoms with Crippen molar-refractivity contribution in [1.29, 1.82) is 0 Å². The molecule has 8 nitrogen and oxygen atoms in total. The number of aryl methyl sites for hydroxylation is 1. The Balaban J connectivity index is 1.16. The fourth-order valence-electron chi connectivity index (χ4n) is 4.89. The molecule has 2 aromatic heterocycles. The van der Waals surface area contributed by atoms with Crippen LogP contribution in [0.3, 0.4) is 0 Å². The third kappa shape index (κ3) is 5.82. The van der Waals surface area contributed by atoms with E-state index in [2.05, 4.69) is 21.7 Å². The Morgan fingerprint density at radius 3 is 2.65 bits per heavy atom. The zero-order valence-electron chi connectivity index (χ0n) is 20.2. The van der Waals surface area contributed by atoms with E-state index in [0.717, 1.165) is 34.8 Å². The van der Waals surface area contributed by atoms with Gasteiger partial charge in [-0.3, -0.25) is 9.59 Å². The highest BCUT2D eigenvalue weighted by molar-refractivity contribution is 7.39. The molecule has 2 aliphatic rings. The standard InChI is InChI=1S/C27H29N3O5S2/c31-21(22-14-16-13-17(36-27(16)37-22)6-5-15-9-11-28-12-10-15)8-7-20(26(34)35)30-25(33)23-24(32)18-3-1-2-4-19(18)29-23/h1-4,13-15,20,24,28,32H,5-12H2,(H,30,33)(H,34,35)/t20-,24?/m0/s1. The molecule has 0 saturated carbocycles. The molecule has 0 bridgehead atoms. The second kappa shape index (κ2) is 11.2. The van der Waals surface area contributed by atoms with Gasteiger partial charge in [-0.25, -0.2) is 9.79 Å². The van der Waals surface area contributed by atoms with Gasteiger partial charge in [-0.05, 0) is 69.3 Å². The summed E-state index contributed by atoms with van der Waals surface area (Å²) in [6, 6.07) is 9.61. The monoisotopic (exact) mass is 539 g/mol. The van der Waals surface area contributed by atoms with Gasteiger partial charge < -0.3 is 20.8 Å². The Labute approximate surface area is 222 Å². The summed E-state index contributed by atoms with van der Waals surface area (Å²) < 4.78 is 1.11. The van der Waals surface area contributed by atoms with Crippen molar-refractivity contribution in [2.75, 3.05) is 13.1 Å². The molecule has 0 radical (unpaired) electrons. The first-order chi connectivity index (χ1) is 17.9. The lowest BCUT2D eigenvalue weighted by molar-refractivity contribution is -0.141. The smallest absolute Gasteiger partial charge is 0.326 e. The SMILES string of the molecule is O=C(N[C@@H](CCC(=O)c1cc2cc(CCC3CCNCC3)sc2s1)C(=O)O)C1=Nc2ccccc2C1O. The van der Waals surface area contributed by atoms with E-state index in [9.17, 15) is 24.6 Å². The van der Waals surface area contributed by atoms with E-state index < -0.39 is 24.0 Å². The van der Waals surface area contributed by atoms with Crippen molar-refractivity contribution in [3.63, 3.8) is 0 Å². The zero-order valence-corrected chi connectivity index (χ0v) is 21.9. The molecule has 1 aromatic carbocycles. The summed E-state index contributed by atoms with van der Waals surface area (Å²) in [7, 11) is 0. The van der Waals surface area contributed by atoms with Crippen molar-refractivity contribution < 1.29 is 24.6 Å². The summed E-state index contributed by atoms with van der Waals surface area (Å²) in [6.07, 6.45) is 3.45. The second-order valence-corrected chi connectivity index (χ2v) is 12.0. The quantitative estimate of drug-likeness (QED) is 0.285. The first kappa shape index (κ1) is 25.7. The second-order valence-electron chi connectivity index (χ2n) is 9.58. The number of Topliss-reactive ketones (excluding diaryl/α,β-unsaturated/α-hetero) is 1. The predicted molar refractivity (Wildman–Crippen MR) is 145 cm³/mol. The summed E-state index contributed by atoms with van der Waals surface area (Å²) in [5.41, 5.74) is 0.837. The van der Waals surface area contributed by atoms with Crippen molar-refractivity contribution in [2.45, 2.75) is 50.7 Å². The number of carboxylic acid groups (broad SMARTS) is 1. The topological polar surface area (TPSA) is 128 Å². The number of nitrogens with one attached hydrogen (secondary N) is 2. The third-order valence-electron chi connectivity index (χ3n) is 7.03. The largest absolute Gasteiger partial charge is 0.480 e. The molecule has 10 heteroatoms. The average Bonchev–Trinajstić information content (AvgIpc) is 3.57. The van der Waals surface area contributed by atoms with Gasteiger partial charge in [0.05, 0.1) is 14.6 Å². The highest BCUT2D eigenvalue weighted by atomic mass is 32.2. The molecule has 2 aliphatic heterocycles. The Hall–Kier alpha value is -2.92. The van der Waals surface area contributed by atoms with Gasteiger partial charge >= 0.3 is 5.97 Å². The number of carbonyl (C=O) groups is 3. The Morgan fingerprint density at radius 2 is 1.92 bits per heavy atom. The van der Waals surface area contributed by atoms with Crippen molar-refractivity contribution >= 4 is 61.1 Å². The molecule has 0 spiro atoms. The number of rotatable bonds is 10. The normalized spacial score (nSPS) is 18.4. The van der Waals surface area contributed by atoms with E-state index in [1.165, 1.54) is 35.5 Å². The molecule has 2 atom stereocenters. The lowest BCUT2D eigenvalue weighted by Gasteiger charge is -2.22. The molecule has 37 heavy (non-hydrogen) atoms. The molecule has 1 amide bonds. The van der Waals surface area contributed by atoms with Gasteiger partial charge in [0.15, 0.2) is 5.78 Å². The number of benzene rings is 1. The van der Waals surface area contributed by atoms with Crippen molar-refractivity contribution in [3.05, 3.63) is 51.7 Å². The van der Waals surface area contributed by atoms with Crippen molar-refractivity contribution in [2.24, 2.45) is 10.9 Å². The number of carbonyl (C=O) groups excluding carboxylic acids is 2. The number of hydrogen-bond donors (Lipinski definition) is 4. The van der Waals surface area contributed by atoms with Crippen LogP contribution in [0, 0.1) is 5.92 Å². The zero-order chi connectivity index (χ0) is 25.9. The molecule has 4 heterocycles. The first-order valence-corrected chi connectivity index (χ1v) is 14.2. The minimum absolute atomic E-state index is 0.0111. The summed E-state index contributed by atoms with van der Waals surface area (Å²) in [6.45, 7) is 2.21. The van der Waals surface area contributed by atoms with Crippen LogP contribution in [0.4, 0.5) is 5.69 Å². The van der Waals surface area contributed by atoms with E-state index in [-0.39, 0.29) is 24.3 Å². The van der Waals surface area contributed by atoms with Gasteiger partial charge in [0.2, 0.25) is 0 Å². The highest BCUT2D eigenvalue weighted by Gasteiger charge is 2.32. The number of nitrogens with zero attached hydrogens (tertiary/aromatic N) is 1. The summed E-state index contributed by atoms with van der Waals surface area (Å²) >= 11 is 3.18. The van der Waals surface area contributed by atoms with Crippen LogP contribution >= 0.6 is 22.7 Å². The number of ketones is 1. The third-order valence-corrected chi connectivity index (χ3v) is 9.52. The number of aliphatic carboxylic acids is 1. The number of thiophene rings is 2. The Kier molecular flexibility index (Phi) is 7.80. The lowest BCUT2D eigenvalue weighted by Crippen LogP contribution is -2.45. The maximum Gasteiger partial charge on any atom is 0.326 e. The molecule has 0 aliphatic carbocycles. The Bertz CT molecular complexity index is 1320. The number of para-hydroxylation sites is 1. The van der Waals surface area contributed by atoms with Gasteiger partial charge in [0.1, 0.15) is 17.9 Å². The van der Waals surface area contributed by atoms with Gasteiger partial charge in [-0.2, -0.15) is 0 Å². The average molecular weight is 540 g/mol. The molecular formula is C27H29N3O5S2. The maximum absolute atomic E-state index is 12.8. The molecule has 1 saturated heterocycles. The number of piperidine rings is 1. The molecule has 5 rings (SSSR count). The van der Waals surface area contributed by atoms with Crippen LogP contribution in [0.15, 0.2) is 41.4 Å². The van der Waals surface area contributed by atoms with Crippen molar-refractivity contribution in [1.82, 2.24) is 10.6 Å². The predicted octanol–water partition coefficient (Wildman–Crippen LogP) is 4.25. The number of aliphatic hydroxyl groups excluding tert-OH is 1. The van der Waals surface area contributed by atoms with Crippen LogP contribution in [-0.4, -0.2) is 52.7 Å². The summed E-state index contributed by atoms with van der Waals surface area (Å²) in [5.74, 6) is -1.36. The lowest BCUT2D eigenvalue weighted by atomic mass is 9.93. The number of carboxylic acids is 1. The van der Waals surface area contributed by atoms with E-state index in [1.54, 1.807) is 35.6 Å². The summed E-state index contributed by atoms with van der Waals surface area (Å²) in [5, 5.41) is 26.9. The minimum atomic E-state index is -1.27. The van der Waals surface area contributed by atoms with Gasteiger partial charge in [-0.1, -0.05) is 18.2 Å². The Morgan fingerprint density at radius 1 is 1.14 bits per heavy atom. The van der Waals surface area contributed by atoms with Crippen LogP contribution < -0.4 is 10.6 Å². The molecule has 4 N–H and O–H groups in total. The van der Waals surface area contributed by atoms with E-state index in [0.29, 0.717) is 16.1 Å². The van der Waals surface area contributed by atoms with Crippen molar-refractivity contribution in [3.8, 4) is 0 Å². The molecule has 194 valence electrons. The van der Waals surface area contributed by atoms with E-state index in [4.69, 9.17) is 0 Å². The number of fused-ring (bicyclic) bond motifs is 2. The first-order valence-electron chi connectivity index (χ1n) is 12.5. The highest BCUT2D eigenvalue weighted by Crippen LogP contribution is 2.36. The van der Waals surface area contributed by atoms with Gasteiger partial charge in [0.25, 0.3) is 5.91 Å². The fraction of sp³-hybridized carbons (Fsp3) is 0.407. The maximum atomic E-state index is 12.8. The molecule has 1 fully saturated rings. The number of aliphatic imine (C=N–C) groups is 1. The van der Waals surface area contributed by atoms with Gasteiger partial charge in [0, 0.05) is 22.2 Å². The van der Waals surface area contributed by atoms with Crippen LogP contribution in [0.2, 0.25) is 0 Å². The number of amides is 1. The van der Waals surface area contributed by atoms with Crippen LogP contribution in [0.25, 0.3) is 9.40 Å². The summed E-state index contributed by atoms with van der Waals surface area (Å²) in [4.78, 5) is 43.4. The fourth-order valence-corrected chi connectivity index (χ4v) is 7.36. The van der Waals surface area contributed by atoms with Gasteiger partial charge in [-0.15, -0.1) is 22.7 Å². The van der Waals surface area contributed by atoms with Crippen LogP contribution in [-0.2, 0) is 16.0 Å². The molecular weight excluding hydrogens is 510 g/mol. The number of hydrogen-bond acceptors (Lipinski definition) is 8. The number of aliphatic hydroxyl groups is 1. The minimum Gasteiger partial charge on any atom is -0.480 e. The van der Waals surface area contributed by atoms with Crippen LogP contribution in [0.1, 0.15) is 58.3 Å². The van der Waals surface area contributed by atoms with E-state index in [1.807, 2.05) is 6.07 Å².